The van der Waals surface area contributed by atoms with Gasteiger partial charge in [-0.2, -0.15) is 0 Å². The quantitative estimate of drug-likeness (QED) is 0.0218. The Hall–Kier alpha value is -8.90. The van der Waals surface area contributed by atoms with Gasteiger partial charge in [-0.25, -0.2) is 0 Å². The minimum absolute atomic E-state index is 0.0484. The molecule has 0 bridgehead atoms. The zero-order valence-corrected chi connectivity index (χ0v) is 53.8. The molecule has 4 atom stereocenters. The molecule has 0 aromatic heterocycles. The van der Waals surface area contributed by atoms with Gasteiger partial charge >= 0.3 is 0 Å². The Balaban J connectivity index is 0.666. The van der Waals surface area contributed by atoms with Crippen LogP contribution in [0.5, 0.6) is 23.0 Å². The number of carbonyl (C=O) groups excluding carboxylic acids is 7. The summed E-state index contributed by atoms with van der Waals surface area (Å²) in [4.78, 5) is 95.2. The maximum absolute atomic E-state index is 14.4. The number of Topliss-reactive ketones (excluding diaryl/α,β-unsaturated/α-hetero) is 2. The number of ether oxygens (including phenoxy) is 4. The molecule has 480 valence electrons. The SMILES string of the molecule is COc1cc2c(cc1OCCCOc1cc3c(cc1OC)C(=O)N1C=C(c4ccc(C5CCCCC5)cc4)C[C@H]1C=C=C3)C=C=C[C@@H]1CC(c3ccc(C(=N)CC(=O)[C@H](C)CCCC(=O)[C@@H](NC(=O)CCCCCCCC4C(=O)C=CC4=O)C(C)C)cc3)=CN1C2=O. The number of nitrogens with zero attached hydrogens (tertiary/aromatic N) is 2. The van der Waals surface area contributed by atoms with Gasteiger partial charge in [-0.3, -0.25) is 33.6 Å². The van der Waals surface area contributed by atoms with Crippen molar-refractivity contribution in [3.8, 4) is 23.0 Å². The highest BCUT2D eigenvalue weighted by molar-refractivity contribution is 6.18. The Morgan fingerprint density at radius 3 is 1.70 bits per heavy atom. The van der Waals surface area contributed by atoms with Gasteiger partial charge in [0.2, 0.25) is 5.91 Å². The average Bonchev–Trinajstić information content (AvgIpc) is 1.90. The number of nitrogens with one attached hydrogen (secondary N) is 2. The van der Waals surface area contributed by atoms with Gasteiger partial charge < -0.3 is 39.5 Å². The van der Waals surface area contributed by atoms with E-state index in [4.69, 9.17) is 24.4 Å². The summed E-state index contributed by atoms with van der Waals surface area (Å²) in [7, 11) is 3.10. The lowest BCUT2D eigenvalue weighted by molar-refractivity contribution is -0.129. The predicted octanol–water partition coefficient (Wildman–Crippen LogP) is 14.4. The molecule has 0 radical (unpaired) electrons. The maximum Gasteiger partial charge on any atom is 0.259 e. The molecule has 4 aliphatic heterocycles. The number of ketones is 4. The normalized spacial score (nSPS) is 18.3. The van der Waals surface area contributed by atoms with E-state index in [1.807, 2.05) is 81.7 Å². The van der Waals surface area contributed by atoms with E-state index in [0.717, 1.165) is 48.0 Å². The number of rotatable bonds is 30. The van der Waals surface area contributed by atoms with E-state index in [0.29, 0.717) is 108 Å². The van der Waals surface area contributed by atoms with Crippen molar-refractivity contribution in [2.24, 2.45) is 17.8 Å². The van der Waals surface area contributed by atoms with Crippen LogP contribution in [0.4, 0.5) is 0 Å². The number of fused-ring (bicyclic) bond motifs is 4. The minimum Gasteiger partial charge on any atom is -0.493 e. The zero-order valence-electron chi connectivity index (χ0n) is 53.8. The molecule has 2 N–H and O–H groups in total. The van der Waals surface area contributed by atoms with Gasteiger partial charge in [0.25, 0.3) is 11.8 Å². The zero-order chi connectivity index (χ0) is 64.8. The molecule has 4 heterocycles. The largest absolute Gasteiger partial charge is 0.493 e. The van der Waals surface area contributed by atoms with Crippen LogP contribution in [-0.2, 0) is 24.0 Å². The van der Waals surface area contributed by atoms with Crippen molar-refractivity contribution in [2.75, 3.05) is 27.4 Å². The Morgan fingerprint density at radius 1 is 0.620 bits per heavy atom. The molecule has 4 aromatic carbocycles. The van der Waals surface area contributed by atoms with Crippen molar-refractivity contribution in [2.45, 2.75) is 167 Å². The highest BCUT2D eigenvalue weighted by Crippen LogP contribution is 2.41. The molecule has 0 spiro atoms. The van der Waals surface area contributed by atoms with E-state index in [9.17, 15) is 33.6 Å². The second kappa shape index (κ2) is 30.9. The van der Waals surface area contributed by atoms with Crippen LogP contribution >= 0.6 is 0 Å². The third-order valence-corrected chi connectivity index (χ3v) is 18.9. The van der Waals surface area contributed by atoms with Crippen molar-refractivity contribution >= 4 is 69.9 Å². The lowest BCUT2D eigenvalue weighted by atomic mass is 9.83. The first-order valence-corrected chi connectivity index (χ1v) is 33.1. The molecule has 0 saturated heterocycles. The fourth-order valence-electron chi connectivity index (χ4n) is 13.4. The fraction of sp³-hybridized carbons (Fsp3) is 0.429. The first-order chi connectivity index (χ1) is 44.6. The van der Waals surface area contributed by atoms with Gasteiger partial charge in [0, 0.05) is 49.7 Å². The Kier molecular flexibility index (Phi) is 22.2. The molecule has 1 saturated carbocycles. The van der Waals surface area contributed by atoms with E-state index in [2.05, 4.69) is 41.0 Å². The number of benzene rings is 4. The first kappa shape index (κ1) is 66.0. The smallest absolute Gasteiger partial charge is 0.259 e. The number of hydrogen-bond donors (Lipinski definition) is 2. The summed E-state index contributed by atoms with van der Waals surface area (Å²) in [6.45, 7) is 6.20. The Bertz CT molecular complexity index is 3680. The Labute approximate surface area is 540 Å². The predicted molar refractivity (Wildman–Crippen MR) is 357 cm³/mol. The summed E-state index contributed by atoms with van der Waals surface area (Å²) in [5.74, 6) is 0.626. The number of carbonyl (C=O) groups is 7. The van der Waals surface area contributed by atoms with Gasteiger partial charge in [0.15, 0.2) is 40.3 Å². The van der Waals surface area contributed by atoms with Gasteiger partial charge in [0.1, 0.15) is 5.78 Å². The topological polar surface area (TPSA) is 199 Å². The number of hydrogen-bond acceptors (Lipinski definition) is 12. The summed E-state index contributed by atoms with van der Waals surface area (Å²) in [6, 6.07) is 22.5. The van der Waals surface area contributed by atoms with Crippen LogP contribution in [0.15, 0.2) is 121 Å². The van der Waals surface area contributed by atoms with Crippen LogP contribution in [-0.4, -0.2) is 102 Å². The standard InChI is InChI=1S/C77H86N4O11/c1-49(2)75(79-74(86)27-13-8-6-7-12-25-62-66(82)36-37-67(62)83)68(84)26-14-18-50(3)69(85)46-65(78)55-34-32-54(33-35-55)59-41-61-24-16-22-57-43-73(71(90-5)45-64(57)77(88)81(61)48-59)92-39-17-38-91-72-42-56-21-15-23-60-40-58(47-80(60)76(87)63(56)44-70(72)89-4)53-30-28-52(29-31-53)51-19-10-9-11-20-51/h21-24,28-37,42-45,47-51,60-62,75,78H,6-14,17-20,25-27,38-41,46H2,1-5H3,(H,79,86)/t15?,16?,50-,60-,61-,75+/m1/s1. The van der Waals surface area contributed by atoms with Crippen molar-refractivity contribution in [3.63, 3.8) is 0 Å². The molecule has 1 fully saturated rings. The highest BCUT2D eigenvalue weighted by Gasteiger charge is 2.35. The molecule has 3 amide bonds. The van der Waals surface area contributed by atoms with Crippen LogP contribution in [0.25, 0.3) is 23.3 Å². The molecule has 2 aliphatic carbocycles. The number of unbranched alkanes of at least 4 members (excludes halogenated alkanes) is 4. The van der Waals surface area contributed by atoms with E-state index >= 15 is 0 Å². The number of allylic oxidation sites excluding steroid dienone is 2. The summed E-state index contributed by atoms with van der Waals surface area (Å²) in [6.07, 6.45) is 28.3. The molecule has 0 unspecified atom stereocenters. The van der Waals surface area contributed by atoms with Gasteiger partial charge in [0.05, 0.1) is 62.6 Å². The van der Waals surface area contributed by atoms with Gasteiger partial charge in [-0.15, -0.1) is 11.5 Å². The minimum atomic E-state index is -0.611. The summed E-state index contributed by atoms with van der Waals surface area (Å²) >= 11 is 0. The summed E-state index contributed by atoms with van der Waals surface area (Å²) in [5.41, 5.74) is 15.2. The van der Waals surface area contributed by atoms with Gasteiger partial charge in [-0.05, 0) is 168 Å². The first-order valence-electron chi connectivity index (χ1n) is 33.1. The van der Waals surface area contributed by atoms with Crippen LogP contribution in [0.2, 0.25) is 0 Å². The van der Waals surface area contributed by atoms with E-state index in [1.54, 1.807) is 41.2 Å². The van der Waals surface area contributed by atoms with Crippen molar-refractivity contribution in [1.82, 2.24) is 15.1 Å². The third kappa shape index (κ3) is 16.0. The molecule has 15 nitrogen and oxygen atoms in total. The van der Waals surface area contributed by atoms with Gasteiger partial charge in [-0.1, -0.05) is 114 Å². The summed E-state index contributed by atoms with van der Waals surface area (Å²) in [5, 5.41) is 11.8. The van der Waals surface area contributed by atoms with Crippen molar-refractivity contribution < 1.29 is 52.5 Å². The van der Waals surface area contributed by atoms with Crippen LogP contribution in [0.3, 0.4) is 0 Å². The van der Waals surface area contributed by atoms with Crippen molar-refractivity contribution in [1.29, 1.82) is 5.41 Å². The Morgan fingerprint density at radius 2 is 1.15 bits per heavy atom. The molecule has 10 rings (SSSR count). The molecular formula is C77H86N4O11. The van der Waals surface area contributed by atoms with Crippen LogP contribution < -0.4 is 24.3 Å². The fourth-order valence-corrected chi connectivity index (χ4v) is 13.4. The molecule has 92 heavy (non-hydrogen) atoms. The number of amides is 3. The van der Waals surface area contributed by atoms with E-state index in [1.165, 1.54) is 56.9 Å². The van der Waals surface area contributed by atoms with Crippen LogP contribution in [0.1, 0.15) is 203 Å². The van der Waals surface area contributed by atoms with E-state index in [-0.39, 0.29) is 96.5 Å². The molecule has 6 aliphatic rings. The number of methoxy groups -OCH3 is 2. The molecule has 4 aromatic rings. The maximum atomic E-state index is 14.4. The van der Waals surface area contributed by atoms with Crippen molar-refractivity contribution in [3.05, 3.63) is 165 Å². The van der Waals surface area contributed by atoms with E-state index < -0.39 is 12.0 Å². The molecular weight excluding hydrogens is 1160 g/mol. The lowest BCUT2D eigenvalue weighted by Crippen LogP contribution is -2.44. The third-order valence-electron chi connectivity index (χ3n) is 18.9. The highest BCUT2D eigenvalue weighted by atomic mass is 16.5. The summed E-state index contributed by atoms with van der Waals surface area (Å²) < 4.78 is 24.1. The van der Waals surface area contributed by atoms with Crippen LogP contribution in [0, 0.1) is 23.2 Å². The molecule has 15 heteroatoms. The second-order valence-corrected chi connectivity index (χ2v) is 25.7. The lowest BCUT2D eigenvalue weighted by Gasteiger charge is -2.23. The average molecular weight is 1240 g/mol. The monoisotopic (exact) mass is 1240 g/mol. The second-order valence-electron chi connectivity index (χ2n) is 25.7.